The van der Waals surface area contributed by atoms with Gasteiger partial charge in [-0.2, -0.15) is 0 Å². The molecule has 0 fully saturated rings. The molecule has 0 aliphatic rings. The highest BCUT2D eigenvalue weighted by Gasteiger charge is 2.21. The highest BCUT2D eigenvalue weighted by Crippen LogP contribution is 2.17. The molecule has 0 heterocycles. The molecule has 0 bridgehead atoms. The number of rotatable bonds is 7. The topological polar surface area (TPSA) is 70.6 Å². The smallest absolute Gasteiger partial charge is 0.191 e. The van der Waals surface area contributed by atoms with Crippen LogP contribution in [-0.2, 0) is 9.84 Å². The van der Waals surface area contributed by atoms with Crippen molar-refractivity contribution >= 4 is 27.4 Å². The Bertz CT molecular complexity index is 870. The van der Waals surface area contributed by atoms with Gasteiger partial charge in [-0.3, -0.25) is 4.99 Å². The first-order chi connectivity index (χ1) is 12.9. The lowest BCUT2D eigenvalue weighted by Crippen LogP contribution is -2.46. The number of nitrogens with zero attached hydrogens (tertiary/aromatic N) is 1. The third-order valence-corrected chi connectivity index (χ3v) is 6.35. The molecule has 2 N–H and O–H groups in total. The van der Waals surface area contributed by atoms with Crippen LogP contribution in [0.3, 0.4) is 0 Å². The molecule has 0 saturated heterocycles. The quantitative estimate of drug-likeness (QED) is 0.540. The molecule has 2 atom stereocenters. The molecule has 146 valence electrons. The van der Waals surface area contributed by atoms with Crippen molar-refractivity contribution in [3.05, 3.63) is 65.2 Å². The lowest BCUT2D eigenvalue weighted by Gasteiger charge is -2.23. The Kier molecular flexibility index (Phi) is 7.68. The Morgan fingerprint density at radius 1 is 1.11 bits per heavy atom. The Hall–Kier alpha value is -2.05. The zero-order valence-corrected chi connectivity index (χ0v) is 17.4. The van der Waals surface area contributed by atoms with Gasteiger partial charge in [0.1, 0.15) is 0 Å². The molecule has 0 aromatic heterocycles. The van der Waals surface area contributed by atoms with E-state index in [1.54, 1.807) is 37.4 Å². The van der Waals surface area contributed by atoms with Crippen molar-refractivity contribution in [2.45, 2.75) is 37.2 Å². The van der Waals surface area contributed by atoms with E-state index in [4.69, 9.17) is 11.6 Å². The highest BCUT2D eigenvalue weighted by atomic mass is 35.5. The van der Waals surface area contributed by atoms with Crippen LogP contribution in [0.5, 0.6) is 0 Å². The standard InChI is InChI=1S/C20H26ClN3O2S/c1-4-18(14-27(25,26)19-11-6-5-7-12-19)24-20(22-3)23-15(2)16-9-8-10-17(21)13-16/h5-13,15,18H,4,14H2,1-3H3,(H2,22,23,24). The van der Waals surface area contributed by atoms with Gasteiger partial charge in [-0.25, -0.2) is 8.42 Å². The van der Waals surface area contributed by atoms with E-state index in [0.29, 0.717) is 22.3 Å². The summed E-state index contributed by atoms with van der Waals surface area (Å²) in [6.07, 6.45) is 0.651. The molecular weight excluding hydrogens is 382 g/mol. The molecule has 2 rings (SSSR count). The lowest BCUT2D eigenvalue weighted by molar-refractivity contribution is 0.565. The maximum atomic E-state index is 12.6. The van der Waals surface area contributed by atoms with Gasteiger partial charge >= 0.3 is 0 Å². The molecule has 0 amide bonds. The minimum Gasteiger partial charge on any atom is -0.353 e. The van der Waals surface area contributed by atoms with Crippen molar-refractivity contribution in [3.8, 4) is 0 Å². The Balaban J connectivity index is 2.05. The second-order valence-electron chi connectivity index (χ2n) is 6.34. The fourth-order valence-corrected chi connectivity index (χ4v) is 4.49. The molecule has 0 aliphatic heterocycles. The molecule has 2 aromatic carbocycles. The maximum absolute atomic E-state index is 12.6. The van der Waals surface area contributed by atoms with Crippen LogP contribution in [0.15, 0.2) is 64.5 Å². The van der Waals surface area contributed by atoms with Gasteiger partial charge in [-0.05, 0) is 43.2 Å². The van der Waals surface area contributed by atoms with E-state index in [0.717, 1.165) is 5.56 Å². The summed E-state index contributed by atoms with van der Waals surface area (Å²) in [5, 5.41) is 7.18. The first-order valence-electron chi connectivity index (χ1n) is 8.88. The van der Waals surface area contributed by atoms with Crippen molar-refractivity contribution < 1.29 is 8.42 Å². The van der Waals surface area contributed by atoms with Crippen molar-refractivity contribution in [1.29, 1.82) is 0 Å². The van der Waals surface area contributed by atoms with E-state index >= 15 is 0 Å². The average Bonchev–Trinajstić information content (AvgIpc) is 2.67. The molecule has 2 unspecified atom stereocenters. The molecule has 0 aliphatic carbocycles. The van der Waals surface area contributed by atoms with Crippen molar-refractivity contribution in [1.82, 2.24) is 10.6 Å². The summed E-state index contributed by atoms with van der Waals surface area (Å²) in [5.41, 5.74) is 1.02. The second kappa shape index (κ2) is 9.76. The van der Waals surface area contributed by atoms with Crippen LogP contribution in [0.25, 0.3) is 0 Å². The number of halogens is 1. The summed E-state index contributed by atoms with van der Waals surface area (Å²) in [6.45, 7) is 3.95. The monoisotopic (exact) mass is 407 g/mol. The third-order valence-electron chi connectivity index (χ3n) is 4.28. The number of benzene rings is 2. The van der Waals surface area contributed by atoms with Gasteiger partial charge in [0.15, 0.2) is 15.8 Å². The third kappa shape index (κ3) is 6.26. The number of nitrogens with one attached hydrogen (secondary N) is 2. The van der Waals surface area contributed by atoms with Crippen LogP contribution >= 0.6 is 11.6 Å². The van der Waals surface area contributed by atoms with E-state index in [1.807, 2.05) is 38.1 Å². The maximum Gasteiger partial charge on any atom is 0.191 e. The summed E-state index contributed by atoms with van der Waals surface area (Å²) < 4.78 is 25.3. The SMILES string of the molecule is CCC(CS(=O)(=O)c1ccccc1)NC(=NC)NC(C)c1cccc(Cl)c1. The van der Waals surface area contributed by atoms with Gasteiger partial charge < -0.3 is 10.6 Å². The van der Waals surface area contributed by atoms with E-state index < -0.39 is 9.84 Å². The number of sulfone groups is 1. The number of guanidine groups is 1. The molecule has 5 nitrogen and oxygen atoms in total. The molecule has 0 spiro atoms. The van der Waals surface area contributed by atoms with Gasteiger partial charge in [0.05, 0.1) is 16.7 Å². The van der Waals surface area contributed by atoms with E-state index in [9.17, 15) is 8.42 Å². The minimum absolute atomic E-state index is 0.000239. The summed E-state index contributed by atoms with van der Waals surface area (Å²) >= 11 is 6.06. The largest absolute Gasteiger partial charge is 0.353 e. The molecule has 0 saturated carbocycles. The van der Waals surface area contributed by atoms with Crippen LogP contribution in [0.2, 0.25) is 5.02 Å². The van der Waals surface area contributed by atoms with E-state index in [-0.39, 0.29) is 17.8 Å². The zero-order valence-electron chi connectivity index (χ0n) is 15.8. The second-order valence-corrected chi connectivity index (χ2v) is 8.81. The Labute approximate surface area is 166 Å². The van der Waals surface area contributed by atoms with Crippen molar-refractivity contribution in [3.63, 3.8) is 0 Å². The number of hydrogen-bond acceptors (Lipinski definition) is 3. The van der Waals surface area contributed by atoms with Gasteiger partial charge in [0.25, 0.3) is 0 Å². The fraction of sp³-hybridized carbons (Fsp3) is 0.350. The zero-order chi connectivity index (χ0) is 19.9. The van der Waals surface area contributed by atoms with Crippen LogP contribution in [-0.4, -0.2) is 33.2 Å². The van der Waals surface area contributed by atoms with Gasteiger partial charge in [0.2, 0.25) is 0 Å². The molecule has 2 aromatic rings. The number of aliphatic imine (C=N–C) groups is 1. The van der Waals surface area contributed by atoms with Gasteiger partial charge in [-0.15, -0.1) is 0 Å². The summed E-state index contributed by atoms with van der Waals surface area (Å²) in [4.78, 5) is 4.57. The summed E-state index contributed by atoms with van der Waals surface area (Å²) in [7, 11) is -1.71. The van der Waals surface area contributed by atoms with E-state index in [2.05, 4.69) is 15.6 Å². The fourth-order valence-electron chi connectivity index (χ4n) is 2.68. The van der Waals surface area contributed by atoms with Gasteiger partial charge in [-0.1, -0.05) is 48.9 Å². The molecule has 7 heteroatoms. The highest BCUT2D eigenvalue weighted by molar-refractivity contribution is 7.91. The summed E-state index contributed by atoms with van der Waals surface area (Å²) in [6, 6.07) is 15.8. The van der Waals surface area contributed by atoms with Crippen molar-refractivity contribution in [2.24, 2.45) is 4.99 Å². The lowest BCUT2D eigenvalue weighted by atomic mass is 10.1. The van der Waals surface area contributed by atoms with Crippen LogP contribution < -0.4 is 10.6 Å². The number of hydrogen-bond donors (Lipinski definition) is 2. The molecule has 27 heavy (non-hydrogen) atoms. The van der Waals surface area contributed by atoms with Crippen LogP contribution in [0, 0.1) is 0 Å². The average molecular weight is 408 g/mol. The predicted molar refractivity (Wildman–Crippen MR) is 112 cm³/mol. The first kappa shape index (κ1) is 21.3. The van der Waals surface area contributed by atoms with Crippen LogP contribution in [0.1, 0.15) is 31.9 Å². The predicted octanol–water partition coefficient (Wildman–Crippen LogP) is 3.82. The normalized spacial score (nSPS) is 14.4. The Morgan fingerprint density at radius 2 is 1.81 bits per heavy atom. The van der Waals surface area contributed by atoms with Crippen LogP contribution in [0.4, 0.5) is 0 Å². The Morgan fingerprint density at radius 3 is 2.41 bits per heavy atom. The summed E-state index contributed by atoms with van der Waals surface area (Å²) in [5.74, 6) is 0.553. The molecule has 0 radical (unpaired) electrons. The first-order valence-corrected chi connectivity index (χ1v) is 10.9. The minimum atomic E-state index is -3.37. The van der Waals surface area contributed by atoms with E-state index in [1.165, 1.54) is 0 Å². The molecular formula is C20H26ClN3O2S. The van der Waals surface area contributed by atoms with Gasteiger partial charge in [0, 0.05) is 18.1 Å². The van der Waals surface area contributed by atoms with Crippen molar-refractivity contribution in [2.75, 3.05) is 12.8 Å².